The highest BCUT2D eigenvalue weighted by Crippen LogP contribution is 2.73. The Hall–Kier alpha value is 1.20. The molecule has 14 heavy (non-hydrogen) atoms. The molecule has 0 aliphatic heterocycles. The maximum absolute atomic E-state index is 3.11. The third kappa shape index (κ3) is 2.15. The molecule has 0 radical (unpaired) electrons. The summed E-state index contributed by atoms with van der Waals surface area (Å²) in [6.45, 7) is 2.44. The summed E-state index contributed by atoms with van der Waals surface area (Å²) in [6, 6.07) is 0. The normalized spacial score (nSPS) is 34.2. The van der Waals surface area contributed by atoms with E-state index in [2.05, 4.69) is 36.9 Å². The minimum atomic E-state index is 0.131. The molecule has 2 aliphatic carbocycles. The topological polar surface area (TPSA) is 0 Å². The van der Waals surface area contributed by atoms with Crippen LogP contribution in [0.5, 0.6) is 0 Å². The molecule has 0 saturated carbocycles. The Labute approximate surface area is 94.4 Å². The summed E-state index contributed by atoms with van der Waals surface area (Å²) in [5.74, 6) is 0.896. The molecule has 0 aromatic heterocycles. The van der Waals surface area contributed by atoms with Crippen LogP contribution < -0.4 is 0 Å². The summed E-state index contributed by atoms with van der Waals surface area (Å²) in [5.41, 5.74) is 4.32. The Morgan fingerprint density at radius 2 is 2.36 bits per heavy atom. The fourth-order valence-electron chi connectivity index (χ4n) is 2.49. The lowest BCUT2D eigenvalue weighted by atomic mass is 9.86. The maximum Gasteiger partial charge on any atom is 0.0140 e. The fraction of sp³-hybridized carbons (Fsp3) is 0.600. The molecule has 0 aromatic carbocycles. The highest BCUT2D eigenvalue weighted by molar-refractivity contribution is 8.61. The van der Waals surface area contributed by atoms with Crippen LogP contribution in [0.15, 0.2) is 23.3 Å². The van der Waals surface area contributed by atoms with Crippen molar-refractivity contribution in [2.24, 2.45) is 5.92 Å². The van der Waals surface area contributed by atoms with Crippen molar-refractivity contribution in [1.82, 2.24) is 0 Å². The van der Waals surface area contributed by atoms with Crippen LogP contribution in [0.1, 0.15) is 26.2 Å². The van der Waals surface area contributed by atoms with Crippen LogP contribution in [-0.4, -0.2) is 5.66 Å². The Bertz CT molecular complexity index is 282. The molecule has 0 fully saturated rings. The maximum atomic E-state index is 3.11. The molecule has 0 bridgehead atoms. The van der Waals surface area contributed by atoms with Crippen molar-refractivity contribution in [3.8, 4) is 0 Å². The Kier molecular flexibility index (Phi) is 4.19. The van der Waals surface area contributed by atoms with Gasteiger partial charge in [-0.15, -0.1) is 17.9 Å². The molecule has 0 amide bonds. The third-order valence-corrected chi connectivity index (χ3v) is 14.4. The van der Waals surface area contributed by atoms with E-state index in [1.54, 1.807) is 11.1 Å². The Morgan fingerprint density at radius 1 is 1.57 bits per heavy atom. The first-order chi connectivity index (χ1) is 6.74. The highest BCUT2D eigenvalue weighted by Gasteiger charge is 2.32. The molecule has 0 N–H and O–H groups in total. The van der Waals surface area contributed by atoms with Crippen molar-refractivity contribution in [2.75, 3.05) is 0 Å². The van der Waals surface area contributed by atoms with E-state index in [1.165, 1.54) is 19.3 Å². The minimum absolute atomic E-state index is 0.131. The molecule has 0 saturated heterocycles. The van der Waals surface area contributed by atoms with Crippen molar-refractivity contribution >= 4 is 33.1 Å². The molecule has 2 aliphatic rings. The van der Waals surface area contributed by atoms with Gasteiger partial charge in [-0.2, -0.15) is 0 Å². The van der Waals surface area contributed by atoms with Gasteiger partial charge in [0.1, 0.15) is 0 Å². The van der Waals surface area contributed by atoms with Gasteiger partial charge in [0.15, 0.2) is 0 Å². The highest BCUT2D eigenvalue weighted by atomic mass is 32.6. The van der Waals surface area contributed by atoms with Gasteiger partial charge in [-0.3, -0.25) is 0 Å². The molecule has 4 heteroatoms. The number of allylic oxidation sites excluding steroid dienone is 4. The van der Waals surface area contributed by atoms with Crippen LogP contribution in [0.3, 0.4) is 0 Å². The van der Waals surface area contributed by atoms with E-state index < -0.39 is 0 Å². The largest absolute Gasteiger partial charge is 0.110 e. The van der Waals surface area contributed by atoms with Gasteiger partial charge < -0.3 is 0 Å². The molecule has 0 heterocycles. The monoisotopic (exact) mass is 262 g/mol. The van der Waals surface area contributed by atoms with Gasteiger partial charge in [-0.05, 0) is 30.8 Å². The zero-order valence-corrected chi connectivity index (χ0v) is 12.7. The lowest BCUT2D eigenvalue weighted by Crippen LogP contribution is -2.20. The summed E-state index contributed by atoms with van der Waals surface area (Å²) in [5, 5.41) is 0. The van der Waals surface area contributed by atoms with Crippen LogP contribution in [0.2, 0.25) is 0 Å². The van der Waals surface area contributed by atoms with Gasteiger partial charge >= 0.3 is 0 Å². The number of rotatable bonds is 2. The van der Waals surface area contributed by atoms with Crippen molar-refractivity contribution in [2.45, 2.75) is 31.8 Å². The van der Waals surface area contributed by atoms with Crippen LogP contribution in [0, 0.1) is 5.92 Å². The van der Waals surface area contributed by atoms with Gasteiger partial charge in [0, 0.05) is 5.66 Å². The summed E-state index contributed by atoms with van der Waals surface area (Å²) < 4.78 is 0. The standard InChI is InChI=1S/C10H18P4/c1-7-5-6-8-3-2-4-9(8)10(7)14(12)13-11/h2,4,7,10,13H,3,5-6,11-12H2,1H3/t7-,10-,14?/m0/s1. The third-order valence-electron chi connectivity index (χ3n) is 3.28. The zero-order valence-electron chi connectivity index (χ0n) is 8.53. The van der Waals surface area contributed by atoms with E-state index in [0.29, 0.717) is 0 Å². The predicted octanol–water partition coefficient (Wildman–Crippen LogP) is 4.70. The number of hydrogen-bond donors (Lipinski definition) is 0. The van der Waals surface area contributed by atoms with Crippen LogP contribution in [-0.2, 0) is 0 Å². The predicted molar refractivity (Wildman–Crippen MR) is 77.6 cm³/mol. The Balaban J connectivity index is 2.26. The average molecular weight is 262 g/mol. The van der Waals surface area contributed by atoms with Crippen molar-refractivity contribution in [3.05, 3.63) is 23.3 Å². The molecular formula is C10H18P4. The molecule has 0 aromatic rings. The van der Waals surface area contributed by atoms with Crippen LogP contribution in [0.4, 0.5) is 0 Å². The first-order valence-electron chi connectivity index (χ1n) is 5.12. The first-order valence-corrected chi connectivity index (χ1v) is 11.8. The van der Waals surface area contributed by atoms with E-state index in [9.17, 15) is 0 Å². The molecule has 0 spiro atoms. The summed E-state index contributed by atoms with van der Waals surface area (Å²) in [7, 11) is 7.21. The van der Waals surface area contributed by atoms with Gasteiger partial charge in [0.2, 0.25) is 0 Å². The van der Waals surface area contributed by atoms with Crippen molar-refractivity contribution < 1.29 is 0 Å². The molecule has 2 rings (SSSR count). The van der Waals surface area contributed by atoms with Gasteiger partial charge in [-0.25, -0.2) is 0 Å². The average Bonchev–Trinajstić information content (AvgIpc) is 2.64. The van der Waals surface area contributed by atoms with E-state index in [-0.39, 0.29) is 7.30 Å². The van der Waals surface area contributed by atoms with E-state index >= 15 is 0 Å². The van der Waals surface area contributed by atoms with Gasteiger partial charge in [-0.1, -0.05) is 39.9 Å². The second-order valence-corrected chi connectivity index (χ2v) is 13.7. The van der Waals surface area contributed by atoms with Crippen LogP contribution in [0.25, 0.3) is 0 Å². The van der Waals surface area contributed by atoms with Crippen LogP contribution >= 0.6 is 33.1 Å². The van der Waals surface area contributed by atoms with Crippen molar-refractivity contribution in [1.29, 1.82) is 0 Å². The molecule has 0 nitrogen and oxygen atoms in total. The number of hydrogen-bond acceptors (Lipinski definition) is 0. The second kappa shape index (κ2) is 5.02. The van der Waals surface area contributed by atoms with E-state index in [1.807, 2.05) is 0 Å². The first kappa shape index (κ1) is 11.7. The lowest BCUT2D eigenvalue weighted by molar-refractivity contribution is 0.512. The van der Waals surface area contributed by atoms with E-state index in [4.69, 9.17) is 0 Å². The van der Waals surface area contributed by atoms with Crippen molar-refractivity contribution in [3.63, 3.8) is 0 Å². The summed E-state index contributed by atoms with van der Waals surface area (Å²) in [4.78, 5) is 0. The SMILES string of the molecule is C[C@H]1CCC2=C(C=CC2)[C@H]1P(P)PP. The molecule has 4 unspecified atom stereocenters. The molecule has 6 atom stereocenters. The molecular weight excluding hydrogens is 244 g/mol. The quantitative estimate of drug-likeness (QED) is 0.633. The molecule has 78 valence electrons. The fourth-order valence-corrected chi connectivity index (χ4v) is 8.39. The lowest BCUT2D eigenvalue weighted by Gasteiger charge is -2.34. The smallest absolute Gasteiger partial charge is 0.0140 e. The Morgan fingerprint density at radius 3 is 3.07 bits per heavy atom. The van der Waals surface area contributed by atoms with E-state index in [0.717, 1.165) is 19.5 Å². The zero-order chi connectivity index (χ0) is 10.1. The second-order valence-electron chi connectivity index (χ2n) is 4.16. The summed E-state index contributed by atoms with van der Waals surface area (Å²) in [6.07, 6.45) is 8.77. The minimum Gasteiger partial charge on any atom is -0.110 e. The summed E-state index contributed by atoms with van der Waals surface area (Å²) >= 11 is 0. The van der Waals surface area contributed by atoms with Gasteiger partial charge in [0.05, 0.1) is 0 Å². The van der Waals surface area contributed by atoms with Gasteiger partial charge in [0.25, 0.3) is 0 Å².